The van der Waals surface area contributed by atoms with Crippen LogP contribution < -0.4 is 5.73 Å². The minimum absolute atomic E-state index is 0.186. The van der Waals surface area contributed by atoms with E-state index >= 15 is 0 Å². The Labute approximate surface area is 116 Å². The molecule has 2 heterocycles. The van der Waals surface area contributed by atoms with Crippen LogP contribution >= 0.6 is 0 Å². The van der Waals surface area contributed by atoms with Crippen molar-refractivity contribution in [3.05, 3.63) is 24.7 Å². The molecule has 2 aromatic rings. The molecule has 0 saturated heterocycles. The summed E-state index contributed by atoms with van der Waals surface area (Å²) in [7, 11) is 0. The Bertz CT molecular complexity index is 612. The molecule has 0 saturated carbocycles. The van der Waals surface area contributed by atoms with Crippen LogP contribution in [0.25, 0.3) is 11.3 Å². The monoisotopic (exact) mass is 275 g/mol. The maximum Gasteiger partial charge on any atom is 0.329 e. The molecule has 106 valence electrons. The van der Waals surface area contributed by atoms with Gasteiger partial charge in [0.1, 0.15) is 0 Å². The summed E-state index contributed by atoms with van der Waals surface area (Å²) < 4.78 is 1.45. The fourth-order valence-corrected chi connectivity index (χ4v) is 1.99. The number of nitrogens with zero attached hydrogens (tertiary/aromatic N) is 4. The van der Waals surface area contributed by atoms with Gasteiger partial charge < -0.3 is 10.8 Å². The number of hydrogen-bond acceptors (Lipinski definition) is 5. The molecule has 1 unspecified atom stereocenters. The van der Waals surface area contributed by atoms with Gasteiger partial charge in [0.2, 0.25) is 5.95 Å². The standard InChI is InChI=1S/C13H17N5O2/c1-13(2,3)10(11(19)20)18-5-4-9(17-18)8-6-15-12(14)16-7-8/h4-7,10H,1-3H3,(H,19,20)(H2,14,15,16). The minimum atomic E-state index is -0.916. The third kappa shape index (κ3) is 2.76. The molecule has 0 bridgehead atoms. The molecule has 0 aliphatic heterocycles. The Morgan fingerprint density at radius 2 is 1.95 bits per heavy atom. The summed E-state index contributed by atoms with van der Waals surface area (Å²) in [6.45, 7) is 5.58. The highest BCUT2D eigenvalue weighted by molar-refractivity contribution is 5.73. The van der Waals surface area contributed by atoms with Gasteiger partial charge in [-0.1, -0.05) is 20.8 Å². The topological polar surface area (TPSA) is 107 Å². The lowest BCUT2D eigenvalue weighted by Crippen LogP contribution is -2.31. The highest BCUT2D eigenvalue weighted by atomic mass is 16.4. The van der Waals surface area contributed by atoms with Gasteiger partial charge >= 0.3 is 5.97 Å². The molecular formula is C13H17N5O2. The quantitative estimate of drug-likeness (QED) is 0.880. The van der Waals surface area contributed by atoms with E-state index in [4.69, 9.17) is 5.73 Å². The zero-order valence-corrected chi connectivity index (χ0v) is 11.6. The Morgan fingerprint density at radius 3 is 2.45 bits per heavy atom. The number of nitrogens with two attached hydrogens (primary N) is 1. The first-order valence-corrected chi connectivity index (χ1v) is 6.15. The second kappa shape index (κ2) is 4.92. The van der Waals surface area contributed by atoms with E-state index in [0.717, 1.165) is 0 Å². The predicted octanol–water partition coefficient (Wildman–Crippen LogP) is 1.59. The van der Waals surface area contributed by atoms with Crippen molar-refractivity contribution in [2.45, 2.75) is 26.8 Å². The smallest absolute Gasteiger partial charge is 0.329 e. The fraction of sp³-hybridized carbons (Fsp3) is 0.385. The van der Waals surface area contributed by atoms with Crippen LogP contribution in [-0.4, -0.2) is 30.8 Å². The van der Waals surface area contributed by atoms with E-state index < -0.39 is 17.4 Å². The third-order valence-corrected chi connectivity index (χ3v) is 2.89. The lowest BCUT2D eigenvalue weighted by Gasteiger charge is -2.27. The largest absolute Gasteiger partial charge is 0.480 e. The van der Waals surface area contributed by atoms with E-state index in [0.29, 0.717) is 11.3 Å². The molecule has 0 aliphatic carbocycles. The lowest BCUT2D eigenvalue weighted by molar-refractivity contribution is -0.144. The SMILES string of the molecule is CC(C)(C)C(C(=O)O)n1ccc(-c2cnc(N)nc2)n1. The first-order chi connectivity index (χ1) is 9.29. The Balaban J connectivity index is 2.37. The van der Waals surface area contributed by atoms with Crippen molar-refractivity contribution >= 4 is 11.9 Å². The molecule has 0 fully saturated rings. The molecule has 0 radical (unpaired) electrons. The van der Waals surface area contributed by atoms with Crippen LogP contribution in [0.3, 0.4) is 0 Å². The highest BCUT2D eigenvalue weighted by Crippen LogP contribution is 2.31. The number of nitrogen functional groups attached to an aromatic ring is 1. The van der Waals surface area contributed by atoms with Gasteiger partial charge in [0.25, 0.3) is 0 Å². The molecule has 7 heteroatoms. The molecule has 0 spiro atoms. The number of carboxylic acid groups (broad SMARTS) is 1. The van der Waals surface area contributed by atoms with Crippen LogP contribution in [0.5, 0.6) is 0 Å². The fourth-order valence-electron chi connectivity index (χ4n) is 1.99. The van der Waals surface area contributed by atoms with E-state index in [-0.39, 0.29) is 5.95 Å². The molecule has 20 heavy (non-hydrogen) atoms. The van der Waals surface area contributed by atoms with Gasteiger partial charge in [-0.25, -0.2) is 14.8 Å². The summed E-state index contributed by atoms with van der Waals surface area (Å²) in [5, 5.41) is 13.7. The summed E-state index contributed by atoms with van der Waals surface area (Å²) in [5.74, 6) is -0.730. The number of rotatable bonds is 3. The maximum absolute atomic E-state index is 11.4. The third-order valence-electron chi connectivity index (χ3n) is 2.89. The van der Waals surface area contributed by atoms with E-state index in [1.165, 1.54) is 4.68 Å². The average molecular weight is 275 g/mol. The van der Waals surface area contributed by atoms with E-state index in [9.17, 15) is 9.90 Å². The van der Waals surface area contributed by atoms with Crippen molar-refractivity contribution < 1.29 is 9.90 Å². The zero-order valence-electron chi connectivity index (χ0n) is 11.6. The molecule has 3 N–H and O–H groups in total. The number of aliphatic carboxylic acids is 1. The maximum atomic E-state index is 11.4. The van der Waals surface area contributed by atoms with Crippen LogP contribution in [0.15, 0.2) is 24.7 Å². The average Bonchev–Trinajstić information content (AvgIpc) is 2.76. The van der Waals surface area contributed by atoms with Gasteiger partial charge in [0.05, 0.1) is 5.69 Å². The van der Waals surface area contributed by atoms with Crippen LogP contribution in [-0.2, 0) is 4.79 Å². The van der Waals surface area contributed by atoms with Crippen molar-refractivity contribution in [2.75, 3.05) is 5.73 Å². The first-order valence-electron chi connectivity index (χ1n) is 6.15. The summed E-state index contributed by atoms with van der Waals surface area (Å²) in [4.78, 5) is 19.2. The van der Waals surface area contributed by atoms with E-state index in [1.807, 2.05) is 20.8 Å². The van der Waals surface area contributed by atoms with Gasteiger partial charge in [-0.3, -0.25) is 4.68 Å². The van der Waals surface area contributed by atoms with Crippen LogP contribution in [0, 0.1) is 5.41 Å². The molecule has 2 aromatic heterocycles. The van der Waals surface area contributed by atoms with Crippen molar-refractivity contribution in [3.8, 4) is 11.3 Å². The predicted molar refractivity (Wildman–Crippen MR) is 73.8 cm³/mol. The van der Waals surface area contributed by atoms with Gasteiger partial charge in [0, 0.05) is 24.2 Å². The first kappa shape index (κ1) is 14.0. The normalized spacial score (nSPS) is 13.2. The van der Waals surface area contributed by atoms with Crippen molar-refractivity contribution in [1.29, 1.82) is 0 Å². The number of hydrogen-bond donors (Lipinski definition) is 2. The summed E-state index contributed by atoms with van der Waals surface area (Å²) >= 11 is 0. The summed E-state index contributed by atoms with van der Waals surface area (Å²) in [6.07, 6.45) is 4.76. The number of carbonyl (C=O) groups is 1. The van der Waals surface area contributed by atoms with Gasteiger partial charge in [-0.2, -0.15) is 5.10 Å². The number of aromatic nitrogens is 4. The lowest BCUT2D eigenvalue weighted by atomic mass is 9.87. The van der Waals surface area contributed by atoms with Gasteiger partial charge in [-0.15, -0.1) is 0 Å². The highest BCUT2D eigenvalue weighted by Gasteiger charge is 2.33. The Morgan fingerprint density at radius 1 is 1.35 bits per heavy atom. The molecule has 2 rings (SSSR count). The summed E-state index contributed by atoms with van der Waals surface area (Å²) in [5.41, 5.74) is 6.28. The van der Waals surface area contributed by atoms with Crippen LogP contribution in [0.1, 0.15) is 26.8 Å². The van der Waals surface area contributed by atoms with Crippen molar-refractivity contribution in [2.24, 2.45) is 5.41 Å². The zero-order chi connectivity index (χ0) is 14.9. The Hall–Kier alpha value is -2.44. The van der Waals surface area contributed by atoms with Crippen molar-refractivity contribution in [1.82, 2.24) is 19.7 Å². The molecular weight excluding hydrogens is 258 g/mol. The van der Waals surface area contributed by atoms with Crippen molar-refractivity contribution in [3.63, 3.8) is 0 Å². The van der Waals surface area contributed by atoms with Gasteiger partial charge in [0.15, 0.2) is 6.04 Å². The second-order valence-corrected chi connectivity index (χ2v) is 5.62. The second-order valence-electron chi connectivity index (χ2n) is 5.62. The number of carboxylic acids is 1. The van der Waals surface area contributed by atoms with Crippen LogP contribution in [0.2, 0.25) is 0 Å². The number of anilines is 1. The Kier molecular flexibility index (Phi) is 3.44. The molecule has 0 aromatic carbocycles. The van der Waals surface area contributed by atoms with E-state index in [1.54, 1.807) is 24.7 Å². The van der Waals surface area contributed by atoms with Gasteiger partial charge in [-0.05, 0) is 11.5 Å². The minimum Gasteiger partial charge on any atom is -0.480 e. The molecule has 7 nitrogen and oxygen atoms in total. The van der Waals surface area contributed by atoms with Crippen LogP contribution in [0.4, 0.5) is 5.95 Å². The summed E-state index contributed by atoms with van der Waals surface area (Å²) in [6, 6.07) is 0.988. The molecule has 0 aliphatic rings. The molecule has 1 atom stereocenters. The van der Waals surface area contributed by atoms with E-state index in [2.05, 4.69) is 15.1 Å². The molecule has 0 amide bonds.